The molecule has 0 radical (unpaired) electrons. The van der Waals surface area contributed by atoms with Crippen LogP contribution in [-0.4, -0.2) is 31.3 Å². The molecule has 2 N–H and O–H groups in total. The average molecular weight is 213 g/mol. The summed E-state index contributed by atoms with van der Waals surface area (Å²) in [5, 5.41) is 9.97. The van der Waals surface area contributed by atoms with Gasteiger partial charge in [0, 0.05) is 17.7 Å². The smallest absolute Gasteiger partial charge is 0.139 e. The summed E-state index contributed by atoms with van der Waals surface area (Å²) < 4.78 is 0. The Bertz CT molecular complexity index is 249. The number of benzene rings is 1. The first-order valence-corrected chi connectivity index (χ1v) is 5.35. The van der Waals surface area contributed by atoms with Crippen LogP contribution < -0.4 is 5.32 Å². The lowest BCUT2D eigenvalue weighted by molar-refractivity contribution is -0.106. The van der Waals surface area contributed by atoms with Crippen molar-refractivity contribution < 1.29 is 9.90 Å². The van der Waals surface area contributed by atoms with Crippen molar-refractivity contribution in [3.05, 3.63) is 24.3 Å². The molecule has 1 aromatic carbocycles. The number of hydrogen-bond acceptors (Lipinski definition) is 4. The van der Waals surface area contributed by atoms with Crippen molar-refractivity contribution in [2.75, 3.05) is 25.2 Å². The first-order chi connectivity index (χ1) is 6.86. The zero-order valence-corrected chi connectivity index (χ0v) is 9.17. The molecule has 1 rings (SSSR count). The first-order valence-electron chi connectivity index (χ1n) is 4.13. The molecule has 0 fully saturated rings. The van der Waals surface area contributed by atoms with Crippen molar-refractivity contribution in [1.82, 2.24) is 0 Å². The lowest BCUT2D eigenvalue weighted by atomic mass is 10.3. The third-order valence-corrected chi connectivity index (χ3v) is 2.22. The number of hydrogen-bond donors (Lipinski definition) is 2. The van der Waals surface area contributed by atoms with Crippen LogP contribution in [0.25, 0.3) is 0 Å². The van der Waals surface area contributed by atoms with Gasteiger partial charge < -0.3 is 15.2 Å². The molecule has 1 aromatic rings. The van der Waals surface area contributed by atoms with Gasteiger partial charge in [-0.1, -0.05) is 0 Å². The second kappa shape index (κ2) is 8.59. The van der Waals surface area contributed by atoms with Gasteiger partial charge in [-0.15, -0.1) is 11.8 Å². The minimum atomic E-state index is 0.374. The quantitative estimate of drug-likeness (QED) is 0.589. The van der Waals surface area contributed by atoms with E-state index in [-0.39, 0.29) is 0 Å². The molecule has 0 saturated heterocycles. The normalized spacial score (nSPS) is 8.50. The van der Waals surface area contributed by atoms with Crippen molar-refractivity contribution in [2.45, 2.75) is 4.90 Å². The van der Waals surface area contributed by atoms with Crippen LogP contribution >= 0.6 is 11.8 Å². The Kier molecular flexibility index (Phi) is 7.98. The Labute approximate surface area is 88.5 Å². The van der Waals surface area contributed by atoms with Crippen molar-refractivity contribution in [3.8, 4) is 0 Å². The zero-order chi connectivity index (χ0) is 10.8. The third-order valence-electron chi connectivity index (χ3n) is 1.48. The maximum atomic E-state index is 10.0. The van der Waals surface area contributed by atoms with Crippen LogP contribution in [0.2, 0.25) is 0 Å². The van der Waals surface area contributed by atoms with Crippen molar-refractivity contribution in [3.63, 3.8) is 0 Å². The molecule has 0 aromatic heterocycles. The fourth-order valence-electron chi connectivity index (χ4n) is 0.868. The van der Waals surface area contributed by atoms with E-state index in [0.717, 1.165) is 19.1 Å². The summed E-state index contributed by atoms with van der Waals surface area (Å²) in [5.41, 5.74) is 0.986. The summed E-state index contributed by atoms with van der Waals surface area (Å²) in [4.78, 5) is 11.3. The number of carbonyl (C=O) groups excluding carboxylic acids is 1. The standard InChI is InChI=1S/C9H11NOS.CH4O/c1-12-9-4-2-8(3-5-9)10-6-7-11;1-2/h2-5,7,10H,6H2,1H3;2H,1H3. The zero-order valence-electron chi connectivity index (χ0n) is 8.36. The third kappa shape index (κ3) is 4.89. The topological polar surface area (TPSA) is 49.3 Å². The number of thioether (sulfide) groups is 1. The first kappa shape index (κ1) is 13.0. The van der Waals surface area contributed by atoms with Gasteiger partial charge in [-0.25, -0.2) is 0 Å². The lowest BCUT2D eigenvalue weighted by Crippen LogP contribution is -2.01. The number of aliphatic hydroxyl groups is 1. The summed E-state index contributed by atoms with van der Waals surface area (Å²) in [6.45, 7) is 0.374. The van der Waals surface area contributed by atoms with Crippen LogP contribution in [0.1, 0.15) is 0 Å². The summed E-state index contributed by atoms with van der Waals surface area (Å²) >= 11 is 1.70. The molecule has 0 spiro atoms. The molecule has 0 saturated carbocycles. The fraction of sp³-hybridized carbons (Fsp3) is 0.300. The van der Waals surface area contributed by atoms with Crippen LogP contribution in [0.15, 0.2) is 29.2 Å². The number of aldehydes is 1. The molecule has 3 nitrogen and oxygen atoms in total. The van der Waals surface area contributed by atoms with E-state index in [0.29, 0.717) is 6.54 Å². The molecule has 0 aliphatic carbocycles. The van der Waals surface area contributed by atoms with Gasteiger partial charge in [-0.2, -0.15) is 0 Å². The van der Waals surface area contributed by atoms with Gasteiger partial charge in [0.25, 0.3) is 0 Å². The predicted molar refractivity (Wildman–Crippen MR) is 60.9 cm³/mol. The molecule has 0 amide bonds. The van der Waals surface area contributed by atoms with Gasteiger partial charge in [-0.3, -0.25) is 0 Å². The SMILES string of the molecule is CO.CSc1ccc(NCC=O)cc1. The number of rotatable bonds is 4. The monoisotopic (exact) mass is 213 g/mol. The van der Waals surface area contributed by atoms with E-state index < -0.39 is 0 Å². The highest BCUT2D eigenvalue weighted by Gasteiger charge is 1.90. The lowest BCUT2D eigenvalue weighted by Gasteiger charge is -2.02. The molecule has 0 aliphatic heterocycles. The predicted octanol–water partition coefficient (Wildman–Crippen LogP) is 1.63. The summed E-state index contributed by atoms with van der Waals surface area (Å²) in [7, 11) is 1.00. The molecule has 0 bridgehead atoms. The number of anilines is 1. The van der Waals surface area contributed by atoms with Gasteiger partial charge in [-0.05, 0) is 30.5 Å². The van der Waals surface area contributed by atoms with Gasteiger partial charge in [0.2, 0.25) is 0 Å². The van der Waals surface area contributed by atoms with Crippen molar-refractivity contribution >= 4 is 23.7 Å². The van der Waals surface area contributed by atoms with E-state index in [2.05, 4.69) is 5.32 Å². The van der Waals surface area contributed by atoms with Crippen LogP contribution in [-0.2, 0) is 4.79 Å². The van der Waals surface area contributed by atoms with Gasteiger partial charge in [0.1, 0.15) is 6.29 Å². The molecule has 0 aliphatic rings. The van der Waals surface area contributed by atoms with Crippen LogP contribution in [0.3, 0.4) is 0 Å². The molecular weight excluding hydrogens is 198 g/mol. The van der Waals surface area contributed by atoms with Crippen LogP contribution in [0.4, 0.5) is 5.69 Å². The maximum absolute atomic E-state index is 10.0. The summed E-state index contributed by atoms with van der Waals surface area (Å²) in [6, 6.07) is 7.99. The van der Waals surface area contributed by atoms with E-state index in [9.17, 15) is 4.79 Å². The van der Waals surface area contributed by atoms with E-state index in [1.807, 2.05) is 30.5 Å². The molecule has 0 atom stereocenters. The second-order valence-corrected chi connectivity index (χ2v) is 3.16. The molecule has 0 unspecified atom stereocenters. The molecule has 4 heteroatoms. The molecule has 0 heterocycles. The Balaban J connectivity index is 0.000000791. The Hall–Kier alpha value is -1.00. The Morgan fingerprint density at radius 2 is 1.93 bits per heavy atom. The highest BCUT2D eigenvalue weighted by atomic mass is 32.2. The van der Waals surface area contributed by atoms with Crippen LogP contribution in [0.5, 0.6) is 0 Å². The van der Waals surface area contributed by atoms with E-state index >= 15 is 0 Å². The minimum Gasteiger partial charge on any atom is -0.400 e. The van der Waals surface area contributed by atoms with Crippen molar-refractivity contribution in [1.29, 1.82) is 0 Å². The molecule has 78 valence electrons. The summed E-state index contributed by atoms with van der Waals surface area (Å²) in [5.74, 6) is 0. The van der Waals surface area contributed by atoms with E-state index in [1.165, 1.54) is 4.90 Å². The maximum Gasteiger partial charge on any atom is 0.139 e. The van der Waals surface area contributed by atoms with Crippen molar-refractivity contribution in [2.24, 2.45) is 0 Å². The molecular formula is C10H15NO2S. The highest BCUT2D eigenvalue weighted by molar-refractivity contribution is 7.98. The number of carbonyl (C=O) groups is 1. The van der Waals surface area contributed by atoms with Crippen LogP contribution in [0, 0.1) is 0 Å². The summed E-state index contributed by atoms with van der Waals surface area (Å²) in [6.07, 6.45) is 2.89. The van der Waals surface area contributed by atoms with E-state index in [1.54, 1.807) is 11.8 Å². The minimum absolute atomic E-state index is 0.374. The highest BCUT2D eigenvalue weighted by Crippen LogP contribution is 2.16. The van der Waals surface area contributed by atoms with E-state index in [4.69, 9.17) is 5.11 Å². The largest absolute Gasteiger partial charge is 0.400 e. The second-order valence-electron chi connectivity index (χ2n) is 2.28. The Morgan fingerprint density at radius 3 is 2.36 bits per heavy atom. The number of aliphatic hydroxyl groups excluding tert-OH is 1. The average Bonchev–Trinajstić information content (AvgIpc) is 2.30. The van der Waals surface area contributed by atoms with Gasteiger partial charge >= 0.3 is 0 Å². The fourth-order valence-corrected chi connectivity index (χ4v) is 1.28. The Morgan fingerprint density at radius 1 is 1.36 bits per heavy atom. The van der Waals surface area contributed by atoms with Gasteiger partial charge in [0.15, 0.2) is 0 Å². The molecule has 14 heavy (non-hydrogen) atoms. The number of nitrogens with one attached hydrogen (secondary N) is 1. The van der Waals surface area contributed by atoms with Gasteiger partial charge in [0.05, 0.1) is 6.54 Å².